The molecule has 0 aromatic heterocycles. The van der Waals surface area contributed by atoms with E-state index in [0.717, 1.165) is 36.9 Å². The summed E-state index contributed by atoms with van der Waals surface area (Å²) in [7, 11) is -3.60. The summed E-state index contributed by atoms with van der Waals surface area (Å²) in [4.78, 5) is 12.3. The molecule has 0 fully saturated rings. The monoisotopic (exact) mass is 400 g/mol. The van der Waals surface area contributed by atoms with Crippen molar-refractivity contribution in [3.63, 3.8) is 0 Å². The van der Waals surface area contributed by atoms with E-state index in [4.69, 9.17) is 0 Å². The van der Waals surface area contributed by atoms with Crippen LogP contribution in [-0.4, -0.2) is 20.9 Å². The molecule has 2 aromatic rings. The summed E-state index contributed by atoms with van der Waals surface area (Å²) < 4.78 is 27.5. The Morgan fingerprint density at radius 1 is 1.00 bits per heavy atom. The molecule has 0 unspecified atom stereocenters. The van der Waals surface area contributed by atoms with Gasteiger partial charge in [0.2, 0.25) is 5.91 Å². The van der Waals surface area contributed by atoms with Crippen LogP contribution >= 0.6 is 0 Å². The highest BCUT2D eigenvalue weighted by atomic mass is 32.2. The lowest BCUT2D eigenvalue weighted by Crippen LogP contribution is -2.29. The van der Waals surface area contributed by atoms with Crippen LogP contribution in [0.2, 0.25) is 0 Å². The van der Waals surface area contributed by atoms with Crippen LogP contribution in [0.5, 0.6) is 0 Å². The number of nitrogens with zero attached hydrogens (tertiary/aromatic N) is 1. The first-order valence-electron chi connectivity index (χ1n) is 10.0. The van der Waals surface area contributed by atoms with Crippen LogP contribution in [0.1, 0.15) is 51.0 Å². The van der Waals surface area contributed by atoms with Crippen molar-refractivity contribution in [2.75, 3.05) is 16.2 Å². The number of carbonyl (C=O) groups is 1. The van der Waals surface area contributed by atoms with Crippen molar-refractivity contribution in [2.45, 2.75) is 56.8 Å². The van der Waals surface area contributed by atoms with Crippen LogP contribution in [-0.2, 0) is 21.2 Å². The van der Waals surface area contributed by atoms with Gasteiger partial charge in [-0.05, 0) is 48.7 Å². The summed E-state index contributed by atoms with van der Waals surface area (Å²) in [6.07, 6.45) is 6.72. The molecule has 1 amide bonds. The molecule has 3 rings (SSSR count). The van der Waals surface area contributed by atoms with E-state index in [0.29, 0.717) is 18.7 Å². The van der Waals surface area contributed by atoms with Gasteiger partial charge in [0, 0.05) is 18.7 Å². The van der Waals surface area contributed by atoms with Crippen LogP contribution < -0.4 is 9.62 Å². The molecule has 0 saturated heterocycles. The predicted octanol–water partition coefficient (Wildman–Crippen LogP) is 4.74. The van der Waals surface area contributed by atoms with E-state index >= 15 is 0 Å². The zero-order valence-corrected chi connectivity index (χ0v) is 17.2. The highest BCUT2D eigenvalue weighted by Crippen LogP contribution is 2.32. The third kappa shape index (κ3) is 4.73. The molecule has 28 heavy (non-hydrogen) atoms. The van der Waals surface area contributed by atoms with E-state index in [-0.39, 0.29) is 10.8 Å². The number of carbonyl (C=O) groups excluding carboxylic acids is 1. The average molecular weight is 401 g/mol. The first-order chi connectivity index (χ1) is 13.5. The number of para-hydroxylation sites is 1. The maximum Gasteiger partial charge on any atom is 0.264 e. The molecule has 0 bridgehead atoms. The lowest BCUT2D eigenvalue weighted by atomic mass is 10.1. The number of nitrogens with one attached hydrogen (secondary N) is 1. The van der Waals surface area contributed by atoms with Gasteiger partial charge in [0.1, 0.15) is 0 Å². The van der Waals surface area contributed by atoms with Gasteiger partial charge in [-0.15, -0.1) is 0 Å². The zero-order valence-electron chi connectivity index (χ0n) is 16.4. The van der Waals surface area contributed by atoms with Crippen LogP contribution in [0.25, 0.3) is 0 Å². The van der Waals surface area contributed by atoms with Crippen molar-refractivity contribution in [3.05, 3.63) is 54.1 Å². The number of rotatable bonds is 9. The van der Waals surface area contributed by atoms with Gasteiger partial charge in [0.15, 0.2) is 0 Å². The van der Waals surface area contributed by atoms with E-state index in [1.807, 2.05) is 24.3 Å². The Morgan fingerprint density at radius 3 is 2.46 bits per heavy atom. The van der Waals surface area contributed by atoms with Crippen molar-refractivity contribution in [1.29, 1.82) is 0 Å². The maximum atomic E-state index is 13.0. The molecule has 0 radical (unpaired) electrons. The number of hydrogen-bond acceptors (Lipinski definition) is 3. The van der Waals surface area contributed by atoms with E-state index in [2.05, 4.69) is 12.2 Å². The summed E-state index contributed by atoms with van der Waals surface area (Å²) in [5.41, 5.74) is 2.43. The molecule has 0 saturated carbocycles. The molecule has 1 heterocycles. The Hall–Kier alpha value is -2.34. The number of benzene rings is 2. The fraction of sp³-hybridized carbons (Fsp3) is 0.409. The lowest BCUT2D eigenvalue weighted by molar-refractivity contribution is -0.116. The van der Waals surface area contributed by atoms with Crippen molar-refractivity contribution in [3.8, 4) is 0 Å². The second-order valence-corrected chi connectivity index (χ2v) is 9.05. The molecule has 0 atom stereocenters. The third-order valence-corrected chi connectivity index (χ3v) is 6.91. The number of anilines is 2. The highest BCUT2D eigenvalue weighted by molar-refractivity contribution is 7.92. The summed E-state index contributed by atoms with van der Waals surface area (Å²) in [6.45, 7) is 2.62. The third-order valence-electron chi connectivity index (χ3n) is 5.08. The minimum Gasteiger partial charge on any atom is -0.326 e. The van der Waals surface area contributed by atoms with Gasteiger partial charge in [-0.1, -0.05) is 50.8 Å². The molecule has 6 heteroatoms. The zero-order chi connectivity index (χ0) is 20.0. The predicted molar refractivity (Wildman–Crippen MR) is 113 cm³/mol. The molecule has 1 aliphatic heterocycles. The molecule has 5 nitrogen and oxygen atoms in total. The number of unbranched alkanes of at least 4 members (excludes halogenated alkanes) is 4. The normalized spacial score (nSPS) is 13.4. The molecule has 1 aliphatic rings. The second-order valence-electron chi connectivity index (χ2n) is 7.19. The van der Waals surface area contributed by atoms with Crippen molar-refractivity contribution in [1.82, 2.24) is 0 Å². The van der Waals surface area contributed by atoms with Gasteiger partial charge >= 0.3 is 0 Å². The smallest absolute Gasteiger partial charge is 0.264 e. The minimum atomic E-state index is -3.60. The minimum absolute atomic E-state index is 0.0272. The van der Waals surface area contributed by atoms with Gasteiger partial charge in [-0.25, -0.2) is 8.42 Å². The Balaban J connectivity index is 1.60. The topological polar surface area (TPSA) is 66.5 Å². The molecule has 0 aliphatic carbocycles. The van der Waals surface area contributed by atoms with Crippen molar-refractivity contribution < 1.29 is 13.2 Å². The van der Waals surface area contributed by atoms with Crippen molar-refractivity contribution in [2.24, 2.45) is 0 Å². The highest BCUT2D eigenvalue weighted by Gasteiger charge is 2.30. The molecule has 2 aromatic carbocycles. The molecular weight excluding hydrogens is 372 g/mol. The number of fused-ring (bicyclic) bond motifs is 1. The Bertz CT molecular complexity index is 908. The lowest BCUT2D eigenvalue weighted by Gasteiger charge is -2.19. The summed E-state index contributed by atoms with van der Waals surface area (Å²) in [5, 5.41) is 2.85. The van der Waals surface area contributed by atoms with Crippen LogP contribution in [0, 0.1) is 0 Å². The van der Waals surface area contributed by atoms with Crippen molar-refractivity contribution >= 4 is 27.3 Å². The molecule has 0 spiro atoms. The summed E-state index contributed by atoms with van der Waals surface area (Å²) >= 11 is 0. The number of hydrogen-bond donors (Lipinski definition) is 1. The Kier molecular flexibility index (Phi) is 6.73. The maximum absolute atomic E-state index is 13.0. The SMILES string of the molecule is CCCCCCCC(=O)Nc1ccc(S(=O)(=O)N2CCc3ccccc32)cc1. The summed E-state index contributed by atoms with van der Waals surface area (Å²) in [6, 6.07) is 14.0. The van der Waals surface area contributed by atoms with E-state index < -0.39 is 10.0 Å². The number of sulfonamides is 1. The fourth-order valence-corrected chi connectivity index (χ4v) is 5.01. The first kappa shape index (κ1) is 20.4. The van der Waals surface area contributed by atoms with E-state index in [9.17, 15) is 13.2 Å². The van der Waals surface area contributed by atoms with Crippen LogP contribution in [0.3, 0.4) is 0 Å². The van der Waals surface area contributed by atoms with Gasteiger partial charge in [-0.3, -0.25) is 9.10 Å². The Morgan fingerprint density at radius 2 is 1.71 bits per heavy atom. The average Bonchev–Trinajstić information content (AvgIpc) is 3.13. The fourth-order valence-electron chi connectivity index (χ4n) is 3.51. The largest absolute Gasteiger partial charge is 0.326 e. The van der Waals surface area contributed by atoms with E-state index in [1.165, 1.54) is 17.1 Å². The molecule has 150 valence electrons. The summed E-state index contributed by atoms with van der Waals surface area (Å²) in [5.74, 6) is -0.0272. The molecular formula is C22H28N2O3S. The molecule has 1 N–H and O–H groups in total. The van der Waals surface area contributed by atoms with Gasteiger partial charge < -0.3 is 5.32 Å². The Labute approximate surface area is 167 Å². The van der Waals surface area contributed by atoms with E-state index in [1.54, 1.807) is 24.3 Å². The van der Waals surface area contributed by atoms with Gasteiger partial charge in [0.25, 0.3) is 10.0 Å². The first-order valence-corrected chi connectivity index (χ1v) is 11.5. The van der Waals surface area contributed by atoms with Gasteiger partial charge in [0.05, 0.1) is 10.6 Å². The standard InChI is InChI=1S/C22H28N2O3S/c1-2-3-4-5-6-11-22(25)23-19-12-14-20(15-13-19)28(26,27)24-17-16-18-9-7-8-10-21(18)24/h7-10,12-15H,2-6,11,16-17H2,1H3,(H,23,25). The van der Waals surface area contributed by atoms with Crippen LogP contribution in [0.4, 0.5) is 11.4 Å². The van der Waals surface area contributed by atoms with Crippen LogP contribution in [0.15, 0.2) is 53.4 Å². The number of amides is 1. The van der Waals surface area contributed by atoms with Gasteiger partial charge in [-0.2, -0.15) is 0 Å². The second kappa shape index (κ2) is 9.24. The quantitative estimate of drug-likeness (QED) is 0.619.